The van der Waals surface area contributed by atoms with Gasteiger partial charge in [0.15, 0.2) is 0 Å². The first-order valence-corrected chi connectivity index (χ1v) is 10.7. The van der Waals surface area contributed by atoms with Crippen molar-refractivity contribution in [2.45, 2.75) is 45.4 Å². The van der Waals surface area contributed by atoms with Crippen molar-refractivity contribution in [3.63, 3.8) is 0 Å². The summed E-state index contributed by atoms with van der Waals surface area (Å²) in [7, 11) is 0. The lowest BCUT2D eigenvalue weighted by Gasteiger charge is -2.48. The van der Waals surface area contributed by atoms with E-state index in [1.165, 1.54) is 0 Å². The molecule has 0 N–H and O–H groups in total. The first-order valence-electron chi connectivity index (χ1n) is 10.7. The van der Waals surface area contributed by atoms with Crippen LogP contribution in [0.1, 0.15) is 56.0 Å². The number of rotatable bonds is 5. The summed E-state index contributed by atoms with van der Waals surface area (Å²) >= 11 is 0. The Balaban J connectivity index is 1.46. The Hall–Kier alpha value is -2.63. The summed E-state index contributed by atoms with van der Waals surface area (Å²) < 4.78 is 5.40. The summed E-state index contributed by atoms with van der Waals surface area (Å²) in [6.45, 7) is 5.15. The van der Waals surface area contributed by atoms with Gasteiger partial charge in [0.1, 0.15) is 5.69 Å². The summed E-state index contributed by atoms with van der Waals surface area (Å²) in [5.74, 6) is 0.446. The standard InChI is InChI=1S/C23H29N3O3/c1-2-3-13-25-16-23(12-10-21(25)27)11-7-14-26(17-23)22(28)20-15-19(24-29-20)18-8-5-4-6-9-18/h4-6,8-9,15H,2-3,7,10-14,16-17H2,1H3. The zero-order chi connectivity index (χ0) is 20.3. The zero-order valence-corrected chi connectivity index (χ0v) is 17.1. The zero-order valence-electron chi connectivity index (χ0n) is 17.1. The summed E-state index contributed by atoms with van der Waals surface area (Å²) in [6.07, 6.45) is 5.59. The molecule has 3 heterocycles. The van der Waals surface area contributed by atoms with Crippen LogP contribution in [0.25, 0.3) is 11.3 Å². The van der Waals surface area contributed by atoms with Gasteiger partial charge in [0.05, 0.1) is 0 Å². The van der Waals surface area contributed by atoms with E-state index in [4.69, 9.17) is 4.52 Å². The highest BCUT2D eigenvalue weighted by molar-refractivity contribution is 5.92. The van der Waals surface area contributed by atoms with E-state index in [-0.39, 0.29) is 23.0 Å². The van der Waals surface area contributed by atoms with Crippen molar-refractivity contribution in [2.24, 2.45) is 5.41 Å². The van der Waals surface area contributed by atoms with E-state index in [1.54, 1.807) is 6.07 Å². The number of nitrogens with zero attached hydrogens (tertiary/aromatic N) is 3. The Morgan fingerprint density at radius 1 is 1.21 bits per heavy atom. The Morgan fingerprint density at radius 2 is 2.03 bits per heavy atom. The maximum Gasteiger partial charge on any atom is 0.292 e. The number of carbonyl (C=O) groups excluding carboxylic acids is 2. The first-order chi connectivity index (χ1) is 14.1. The summed E-state index contributed by atoms with van der Waals surface area (Å²) in [4.78, 5) is 29.3. The lowest BCUT2D eigenvalue weighted by Crippen LogP contribution is -2.55. The van der Waals surface area contributed by atoms with Crippen molar-refractivity contribution in [1.29, 1.82) is 0 Å². The Bertz CT molecular complexity index is 863. The van der Waals surface area contributed by atoms with Crippen LogP contribution < -0.4 is 0 Å². The third kappa shape index (κ3) is 4.21. The van der Waals surface area contributed by atoms with Gasteiger partial charge in [0, 0.05) is 49.6 Å². The van der Waals surface area contributed by atoms with Gasteiger partial charge in [-0.1, -0.05) is 48.8 Å². The topological polar surface area (TPSA) is 66.7 Å². The molecular weight excluding hydrogens is 366 g/mol. The van der Waals surface area contributed by atoms with E-state index in [9.17, 15) is 9.59 Å². The number of aromatic nitrogens is 1. The molecule has 1 atom stereocenters. The lowest BCUT2D eigenvalue weighted by atomic mass is 9.73. The second-order valence-electron chi connectivity index (χ2n) is 8.44. The van der Waals surface area contributed by atoms with Gasteiger partial charge in [-0.2, -0.15) is 0 Å². The van der Waals surface area contributed by atoms with Crippen LogP contribution in [0.15, 0.2) is 40.9 Å². The lowest BCUT2D eigenvalue weighted by molar-refractivity contribution is -0.139. The number of unbranched alkanes of at least 4 members (excludes halogenated alkanes) is 1. The van der Waals surface area contributed by atoms with Crippen molar-refractivity contribution in [3.8, 4) is 11.3 Å². The molecule has 1 unspecified atom stereocenters. The molecule has 6 nitrogen and oxygen atoms in total. The van der Waals surface area contributed by atoms with E-state index in [0.29, 0.717) is 18.7 Å². The molecule has 4 rings (SSSR count). The highest BCUT2D eigenvalue weighted by Crippen LogP contribution is 2.39. The molecule has 2 saturated heterocycles. The molecule has 0 bridgehead atoms. The fourth-order valence-corrected chi connectivity index (χ4v) is 4.65. The molecular formula is C23H29N3O3. The highest BCUT2D eigenvalue weighted by atomic mass is 16.5. The van der Waals surface area contributed by atoms with Gasteiger partial charge in [0.25, 0.3) is 5.91 Å². The molecule has 6 heteroatoms. The number of likely N-dealkylation sites (tertiary alicyclic amines) is 2. The van der Waals surface area contributed by atoms with Gasteiger partial charge in [-0.25, -0.2) is 0 Å². The molecule has 0 aliphatic carbocycles. The second kappa shape index (κ2) is 8.39. The summed E-state index contributed by atoms with van der Waals surface area (Å²) in [5.41, 5.74) is 1.62. The van der Waals surface area contributed by atoms with Crippen LogP contribution in [0.3, 0.4) is 0 Å². The van der Waals surface area contributed by atoms with Crippen molar-refractivity contribution >= 4 is 11.8 Å². The number of hydrogen-bond acceptors (Lipinski definition) is 4. The number of benzene rings is 1. The van der Waals surface area contributed by atoms with E-state index < -0.39 is 0 Å². The minimum atomic E-state index is -0.101. The van der Waals surface area contributed by atoms with Crippen LogP contribution in [0.4, 0.5) is 0 Å². The average molecular weight is 396 g/mol. The van der Waals surface area contributed by atoms with Crippen LogP contribution in [-0.4, -0.2) is 52.9 Å². The van der Waals surface area contributed by atoms with E-state index in [0.717, 1.165) is 57.3 Å². The number of piperidine rings is 2. The maximum atomic E-state index is 13.1. The van der Waals surface area contributed by atoms with Crippen molar-refractivity contribution in [1.82, 2.24) is 15.0 Å². The molecule has 2 amide bonds. The molecule has 154 valence electrons. The second-order valence-corrected chi connectivity index (χ2v) is 8.44. The molecule has 29 heavy (non-hydrogen) atoms. The molecule has 2 fully saturated rings. The van der Waals surface area contributed by atoms with Crippen molar-refractivity contribution < 1.29 is 14.1 Å². The summed E-state index contributed by atoms with van der Waals surface area (Å²) in [6, 6.07) is 11.5. The third-order valence-corrected chi connectivity index (χ3v) is 6.27. The fourth-order valence-electron chi connectivity index (χ4n) is 4.65. The molecule has 2 aromatic rings. The van der Waals surface area contributed by atoms with Crippen LogP contribution >= 0.6 is 0 Å². The van der Waals surface area contributed by atoms with Crippen LogP contribution in [0.2, 0.25) is 0 Å². The van der Waals surface area contributed by atoms with E-state index >= 15 is 0 Å². The first kappa shape index (κ1) is 19.7. The molecule has 0 saturated carbocycles. The van der Waals surface area contributed by atoms with Gasteiger partial charge in [-0.15, -0.1) is 0 Å². The maximum absolute atomic E-state index is 13.1. The van der Waals surface area contributed by atoms with Gasteiger partial charge in [-0.3, -0.25) is 9.59 Å². The van der Waals surface area contributed by atoms with Crippen LogP contribution in [0, 0.1) is 5.41 Å². The van der Waals surface area contributed by atoms with Crippen LogP contribution in [0.5, 0.6) is 0 Å². The molecule has 1 aromatic heterocycles. The molecule has 2 aliphatic rings. The number of carbonyl (C=O) groups is 2. The average Bonchev–Trinajstić information content (AvgIpc) is 3.25. The van der Waals surface area contributed by atoms with Crippen molar-refractivity contribution in [2.75, 3.05) is 26.2 Å². The minimum absolute atomic E-state index is 0.0117. The van der Waals surface area contributed by atoms with Gasteiger partial charge in [-0.05, 0) is 25.7 Å². The van der Waals surface area contributed by atoms with Gasteiger partial charge < -0.3 is 14.3 Å². The Labute approximate surface area is 171 Å². The highest BCUT2D eigenvalue weighted by Gasteiger charge is 2.43. The monoisotopic (exact) mass is 395 g/mol. The largest absolute Gasteiger partial charge is 0.350 e. The normalized spacial score (nSPS) is 22.3. The van der Waals surface area contributed by atoms with E-state index in [1.807, 2.05) is 40.1 Å². The van der Waals surface area contributed by atoms with Gasteiger partial charge >= 0.3 is 0 Å². The van der Waals surface area contributed by atoms with Crippen LogP contribution in [-0.2, 0) is 4.79 Å². The number of amides is 2. The predicted molar refractivity (Wildman–Crippen MR) is 110 cm³/mol. The SMILES string of the molecule is CCCCN1CC2(CCCN(C(=O)c3cc(-c4ccccc4)no3)C2)CCC1=O. The minimum Gasteiger partial charge on any atom is -0.350 e. The van der Waals surface area contributed by atoms with E-state index in [2.05, 4.69) is 12.1 Å². The predicted octanol–water partition coefficient (Wildman–Crippen LogP) is 3.99. The molecule has 1 spiro atoms. The fraction of sp³-hybridized carbons (Fsp3) is 0.522. The smallest absolute Gasteiger partial charge is 0.292 e. The Kier molecular flexibility index (Phi) is 5.69. The molecule has 1 aromatic carbocycles. The van der Waals surface area contributed by atoms with Gasteiger partial charge in [0.2, 0.25) is 11.7 Å². The molecule has 2 aliphatic heterocycles. The summed E-state index contributed by atoms with van der Waals surface area (Å²) in [5, 5.41) is 4.09. The molecule has 0 radical (unpaired) electrons. The van der Waals surface area contributed by atoms with Crippen molar-refractivity contribution in [3.05, 3.63) is 42.2 Å². The Morgan fingerprint density at radius 3 is 2.83 bits per heavy atom. The quantitative estimate of drug-likeness (QED) is 0.768. The third-order valence-electron chi connectivity index (χ3n) is 6.27. The number of hydrogen-bond donors (Lipinski definition) is 0.